The monoisotopic (exact) mass is 241 g/mol. The van der Waals surface area contributed by atoms with E-state index in [4.69, 9.17) is 0 Å². The van der Waals surface area contributed by atoms with Gasteiger partial charge < -0.3 is 5.32 Å². The molecule has 2 aromatic rings. The van der Waals surface area contributed by atoms with E-state index in [2.05, 4.69) is 10.3 Å². The fourth-order valence-electron chi connectivity index (χ4n) is 1.51. The van der Waals surface area contributed by atoms with Gasteiger partial charge in [0.2, 0.25) is 5.95 Å². The van der Waals surface area contributed by atoms with Crippen molar-refractivity contribution >= 4 is 5.95 Å². The van der Waals surface area contributed by atoms with Crippen LogP contribution in [0.25, 0.3) is 5.69 Å². The molecule has 0 aliphatic heterocycles. The van der Waals surface area contributed by atoms with E-state index in [9.17, 15) is 13.2 Å². The lowest BCUT2D eigenvalue weighted by Gasteiger charge is -2.09. The molecular formula is C11H10F3N3. The minimum atomic E-state index is -4.31. The van der Waals surface area contributed by atoms with E-state index in [1.165, 1.54) is 12.1 Å². The first-order chi connectivity index (χ1) is 8.02. The number of alkyl halides is 3. The van der Waals surface area contributed by atoms with Crippen LogP contribution in [0.5, 0.6) is 0 Å². The molecule has 0 spiro atoms. The summed E-state index contributed by atoms with van der Waals surface area (Å²) in [5, 5.41) is 2.85. The second-order valence-electron chi connectivity index (χ2n) is 3.42. The molecule has 0 saturated heterocycles. The Bertz CT molecular complexity index is 499. The highest BCUT2D eigenvalue weighted by molar-refractivity contribution is 5.42. The molecule has 0 radical (unpaired) electrons. The van der Waals surface area contributed by atoms with Gasteiger partial charge in [-0.15, -0.1) is 0 Å². The largest absolute Gasteiger partial charge is 0.416 e. The Morgan fingerprint density at radius 1 is 1.18 bits per heavy atom. The summed E-state index contributed by atoms with van der Waals surface area (Å²) in [5.41, 5.74) is -0.0350. The van der Waals surface area contributed by atoms with E-state index in [1.807, 2.05) is 0 Å². The maximum Gasteiger partial charge on any atom is 0.416 e. The fourth-order valence-corrected chi connectivity index (χ4v) is 1.51. The third kappa shape index (κ3) is 2.25. The second kappa shape index (κ2) is 4.12. The molecule has 0 atom stereocenters. The van der Waals surface area contributed by atoms with Gasteiger partial charge in [-0.3, -0.25) is 4.57 Å². The molecule has 0 unspecified atom stereocenters. The second-order valence-corrected chi connectivity index (χ2v) is 3.42. The van der Waals surface area contributed by atoms with Crippen molar-refractivity contribution in [2.45, 2.75) is 6.18 Å². The molecule has 2 rings (SSSR count). The molecular weight excluding hydrogens is 231 g/mol. The lowest BCUT2D eigenvalue weighted by molar-refractivity contribution is -0.137. The van der Waals surface area contributed by atoms with Crippen LogP contribution in [0.15, 0.2) is 36.7 Å². The molecule has 0 fully saturated rings. The Morgan fingerprint density at radius 3 is 2.35 bits per heavy atom. The summed E-state index contributed by atoms with van der Waals surface area (Å²) in [6, 6.07) is 4.92. The van der Waals surface area contributed by atoms with Crippen molar-refractivity contribution in [1.29, 1.82) is 0 Å². The zero-order chi connectivity index (χ0) is 12.5. The van der Waals surface area contributed by atoms with E-state index in [1.54, 1.807) is 24.0 Å². The zero-order valence-corrected chi connectivity index (χ0v) is 8.99. The number of imidazole rings is 1. The van der Waals surface area contributed by atoms with Gasteiger partial charge in [-0.05, 0) is 24.3 Å². The number of benzene rings is 1. The number of rotatable bonds is 2. The Balaban J connectivity index is 2.36. The number of aromatic nitrogens is 2. The smallest absolute Gasteiger partial charge is 0.358 e. The molecule has 0 bridgehead atoms. The summed E-state index contributed by atoms with van der Waals surface area (Å²) >= 11 is 0. The van der Waals surface area contributed by atoms with Gasteiger partial charge in [0, 0.05) is 25.1 Å². The van der Waals surface area contributed by atoms with Crippen LogP contribution in [-0.4, -0.2) is 16.6 Å². The third-order valence-corrected chi connectivity index (χ3v) is 2.34. The topological polar surface area (TPSA) is 29.9 Å². The molecule has 0 aliphatic carbocycles. The Labute approximate surface area is 95.9 Å². The summed E-state index contributed by atoms with van der Waals surface area (Å²) in [4.78, 5) is 4.01. The lowest BCUT2D eigenvalue weighted by Crippen LogP contribution is -2.05. The van der Waals surface area contributed by atoms with Gasteiger partial charge in [-0.2, -0.15) is 13.2 Å². The summed E-state index contributed by atoms with van der Waals surface area (Å²) < 4.78 is 38.8. The van der Waals surface area contributed by atoms with Gasteiger partial charge in [0.05, 0.1) is 5.56 Å². The first-order valence-corrected chi connectivity index (χ1v) is 4.91. The lowest BCUT2D eigenvalue weighted by atomic mass is 10.2. The Morgan fingerprint density at radius 2 is 1.82 bits per heavy atom. The van der Waals surface area contributed by atoms with E-state index < -0.39 is 11.7 Å². The summed E-state index contributed by atoms with van der Waals surface area (Å²) in [7, 11) is 1.70. The van der Waals surface area contributed by atoms with E-state index in [0.29, 0.717) is 11.6 Å². The van der Waals surface area contributed by atoms with Gasteiger partial charge in [0.1, 0.15) is 0 Å². The van der Waals surface area contributed by atoms with Crippen LogP contribution in [0.2, 0.25) is 0 Å². The molecule has 0 amide bonds. The zero-order valence-electron chi connectivity index (χ0n) is 8.99. The maximum absolute atomic E-state index is 12.4. The van der Waals surface area contributed by atoms with Gasteiger partial charge in [-0.25, -0.2) is 4.98 Å². The van der Waals surface area contributed by atoms with Gasteiger partial charge >= 0.3 is 6.18 Å². The predicted molar refractivity (Wildman–Crippen MR) is 58.1 cm³/mol. The van der Waals surface area contributed by atoms with E-state index >= 15 is 0 Å². The number of hydrogen-bond donors (Lipinski definition) is 1. The predicted octanol–water partition coefficient (Wildman–Crippen LogP) is 2.93. The van der Waals surface area contributed by atoms with Crippen molar-refractivity contribution in [3.8, 4) is 5.69 Å². The molecule has 1 aromatic heterocycles. The van der Waals surface area contributed by atoms with Crippen LogP contribution in [-0.2, 0) is 6.18 Å². The standard InChI is InChI=1S/C11H10F3N3/c1-15-10-16-6-7-17(10)9-4-2-8(3-5-9)11(12,13)14/h2-7H,1H3,(H,15,16). The Hall–Kier alpha value is -1.98. The average molecular weight is 241 g/mol. The number of nitrogens with zero attached hydrogens (tertiary/aromatic N) is 2. The van der Waals surface area contributed by atoms with Crippen LogP contribution in [0, 0.1) is 0 Å². The van der Waals surface area contributed by atoms with Crippen LogP contribution >= 0.6 is 0 Å². The average Bonchev–Trinajstić information content (AvgIpc) is 2.76. The third-order valence-electron chi connectivity index (χ3n) is 2.34. The minimum absolute atomic E-state index is 0.574. The van der Waals surface area contributed by atoms with Crippen molar-refractivity contribution in [2.75, 3.05) is 12.4 Å². The first-order valence-electron chi connectivity index (χ1n) is 4.91. The molecule has 90 valence electrons. The van der Waals surface area contributed by atoms with Crippen molar-refractivity contribution in [1.82, 2.24) is 9.55 Å². The van der Waals surface area contributed by atoms with Crippen LogP contribution in [0.3, 0.4) is 0 Å². The quantitative estimate of drug-likeness (QED) is 0.876. The molecule has 17 heavy (non-hydrogen) atoms. The highest BCUT2D eigenvalue weighted by Crippen LogP contribution is 2.29. The fraction of sp³-hybridized carbons (Fsp3) is 0.182. The van der Waals surface area contributed by atoms with Crippen LogP contribution in [0.1, 0.15) is 5.56 Å². The Kier molecular flexibility index (Phi) is 2.79. The molecule has 1 heterocycles. The maximum atomic E-state index is 12.4. The number of anilines is 1. The summed E-state index contributed by atoms with van der Waals surface area (Å²) in [5.74, 6) is 0.574. The molecule has 1 aromatic carbocycles. The molecule has 0 aliphatic rings. The van der Waals surface area contributed by atoms with Gasteiger partial charge in [0.25, 0.3) is 0 Å². The molecule has 0 saturated carbocycles. The first kappa shape index (κ1) is 11.5. The van der Waals surface area contributed by atoms with Gasteiger partial charge in [-0.1, -0.05) is 0 Å². The summed E-state index contributed by atoms with van der Waals surface area (Å²) in [6.07, 6.45) is -1.06. The van der Waals surface area contributed by atoms with Crippen LogP contribution in [0.4, 0.5) is 19.1 Å². The van der Waals surface area contributed by atoms with E-state index in [0.717, 1.165) is 12.1 Å². The normalized spacial score (nSPS) is 11.5. The summed E-state index contributed by atoms with van der Waals surface area (Å²) in [6.45, 7) is 0. The van der Waals surface area contributed by atoms with Crippen molar-refractivity contribution in [3.05, 3.63) is 42.2 Å². The molecule has 3 nitrogen and oxygen atoms in total. The SMILES string of the molecule is CNc1nccn1-c1ccc(C(F)(F)F)cc1. The minimum Gasteiger partial charge on any atom is -0.358 e. The van der Waals surface area contributed by atoms with Gasteiger partial charge in [0.15, 0.2) is 0 Å². The number of halogens is 3. The number of hydrogen-bond acceptors (Lipinski definition) is 2. The molecule has 1 N–H and O–H groups in total. The van der Waals surface area contributed by atoms with Crippen molar-refractivity contribution < 1.29 is 13.2 Å². The molecule has 6 heteroatoms. The number of nitrogens with one attached hydrogen (secondary N) is 1. The highest BCUT2D eigenvalue weighted by atomic mass is 19.4. The highest BCUT2D eigenvalue weighted by Gasteiger charge is 2.30. The van der Waals surface area contributed by atoms with Crippen LogP contribution < -0.4 is 5.32 Å². The van der Waals surface area contributed by atoms with Crippen molar-refractivity contribution in [2.24, 2.45) is 0 Å². The van der Waals surface area contributed by atoms with Crippen molar-refractivity contribution in [3.63, 3.8) is 0 Å². The van der Waals surface area contributed by atoms with E-state index in [-0.39, 0.29) is 0 Å².